The lowest BCUT2D eigenvalue weighted by Crippen LogP contribution is -2.42. The minimum atomic E-state index is -6.00. The lowest BCUT2D eigenvalue weighted by molar-refractivity contribution is -0.0442. The van der Waals surface area contributed by atoms with E-state index in [1.54, 1.807) is 0 Å². The predicted octanol–water partition coefficient (Wildman–Crippen LogP) is -0.524. The van der Waals surface area contributed by atoms with Crippen molar-refractivity contribution >= 4 is 20.3 Å². The minimum Gasteiger partial charge on any atom is -0.379 e. The maximum Gasteiger partial charge on any atom is 0.512 e. The fraction of sp³-hybridized carbons (Fsp3) is 1.00. The van der Waals surface area contributed by atoms with Gasteiger partial charge in [0.05, 0.1) is 6.61 Å². The van der Waals surface area contributed by atoms with E-state index in [2.05, 4.69) is 4.18 Å². The van der Waals surface area contributed by atoms with Crippen LogP contribution in [-0.4, -0.2) is 41.7 Å². The van der Waals surface area contributed by atoms with Crippen molar-refractivity contribution in [3.8, 4) is 0 Å². The molecule has 0 aromatic heterocycles. The van der Waals surface area contributed by atoms with E-state index in [9.17, 15) is 30.0 Å². The number of ether oxygens (including phenoxy) is 1. The van der Waals surface area contributed by atoms with Gasteiger partial charge in [-0.1, -0.05) is 4.13 Å². The summed E-state index contributed by atoms with van der Waals surface area (Å²) in [6, 6.07) is 0. The second-order valence-corrected chi connectivity index (χ2v) is 6.31. The average Bonchev–Trinajstić information content (AvgIpc) is 2.50. The summed E-state index contributed by atoms with van der Waals surface area (Å²) in [5, 5.41) is 0. The first-order valence-corrected chi connectivity index (χ1v) is 7.03. The third kappa shape index (κ3) is 4.06. The molecule has 0 radical (unpaired) electrons. The zero-order valence-corrected chi connectivity index (χ0v) is 9.73. The third-order valence-corrected chi connectivity index (χ3v) is 4.50. The number of nitrogens with one attached hydrogen (secondary N) is 1. The Morgan fingerprint density at radius 3 is 2.24 bits per heavy atom. The summed E-state index contributed by atoms with van der Waals surface area (Å²) in [6.45, 7) is 0.0547. The minimum absolute atomic E-state index is 0.132. The van der Waals surface area contributed by atoms with Crippen LogP contribution in [0.25, 0.3) is 0 Å². The summed E-state index contributed by atoms with van der Waals surface area (Å²) in [5.41, 5.74) is -5.73. The standard InChI is InChI=1S/C5H8F3NO6S2/c6-5(7,8)16(10,11)9-17(12,13)15-4-1-2-14-3-4/h4,9H,1-3H2. The first-order chi connectivity index (χ1) is 7.54. The van der Waals surface area contributed by atoms with Gasteiger partial charge in [0, 0.05) is 13.0 Å². The third-order valence-electron chi connectivity index (χ3n) is 1.67. The largest absolute Gasteiger partial charge is 0.512 e. The molecule has 12 heteroatoms. The highest BCUT2D eigenvalue weighted by Gasteiger charge is 2.49. The Morgan fingerprint density at radius 2 is 1.82 bits per heavy atom. The molecule has 0 bridgehead atoms. The predicted molar refractivity (Wildman–Crippen MR) is 47.3 cm³/mol. The molecule has 0 aromatic carbocycles. The molecule has 17 heavy (non-hydrogen) atoms. The van der Waals surface area contributed by atoms with Gasteiger partial charge in [-0.2, -0.15) is 21.6 Å². The Kier molecular flexibility index (Phi) is 4.03. The molecule has 0 amide bonds. The Bertz CT molecular complexity index is 462. The molecule has 1 rings (SSSR count). The fourth-order valence-corrected chi connectivity index (χ4v) is 3.09. The van der Waals surface area contributed by atoms with Crippen molar-refractivity contribution in [1.29, 1.82) is 0 Å². The quantitative estimate of drug-likeness (QED) is 0.749. The van der Waals surface area contributed by atoms with E-state index in [4.69, 9.17) is 4.74 Å². The lowest BCUT2D eigenvalue weighted by Gasteiger charge is -2.12. The summed E-state index contributed by atoms with van der Waals surface area (Å²) in [4.78, 5) is 0. The molecule has 7 nitrogen and oxygen atoms in total. The molecule has 0 aromatic rings. The SMILES string of the molecule is O=S(=O)(NS(=O)(=O)C(F)(F)F)OC1CCOC1. The van der Waals surface area contributed by atoms with E-state index in [1.807, 2.05) is 0 Å². The van der Waals surface area contributed by atoms with E-state index in [-0.39, 0.29) is 19.6 Å². The van der Waals surface area contributed by atoms with E-state index >= 15 is 0 Å². The van der Waals surface area contributed by atoms with Crippen molar-refractivity contribution in [2.75, 3.05) is 13.2 Å². The van der Waals surface area contributed by atoms with Crippen molar-refractivity contribution in [1.82, 2.24) is 4.13 Å². The molecule has 1 unspecified atom stereocenters. The number of hydrogen-bond acceptors (Lipinski definition) is 6. The number of halogens is 3. The fourth-order valence-electron chi connectivity index (χ4n) is 0.969. The zero-order valence-electron chi connectivity index (χ0n) is 8.10. The normalized spacial score (nSPS) is 22.9. The van der Waals surface area contributed by atoms with Crippen LogP contribution < -0.4 is 4.13 Å². The van der Waals surface area contributed by atoms with Crippen molar-refractivity contribution in [2.24, 2.45) is 0 Å². The van der Waals surface area contributed by atoms with Gasteiger partial charge >= 0.3 is 25.8 Å². The van der Waals surface area contributed by atoms with Crippen LogP contribution in [0.5, 0.6) is 0 Å². The molecule has 1 N–H and O–H groups in total. The first-order valence-electron chi connectivity index (χ1n) is 4.14. The van der Waals surface area contributed by atoms with Crippen LogP contribution in [0.4, 0.5) is 13.2 Å². The molecule has 1 aliphatic heterocycles. The second-order valence-electron chi connectivity index (χ2n) is 3.07. The summed E-state index contributed by atoms with van der Waals surface area (Å²) < 4.78 is 88.0. The van der Waals surface area contributed by atoms with Gasteiger partial charge in [-0.3, -0.25) is 4.18 Å². The van der Waals surface area contributed by atoms with Crippen LogP contribution in [-0.2, 0) is 29.2 Å². The summed E-state index contributed by atoms with van der Waals surface area (Å²) >= 11 is 0. The van der Waals surface area contributed by atoms with Crippen LogP contribution >= 0.6 is 0 Å². The first kappa shape index (κ1) is 14.6. The zero-order chi connectivity index (χ0) is 13.3. The Hall–Kier alpha value is -0.430. The molecular weight excluding hydrogens is 291 g/mol. The van der Waals surface area contributed by atoms with Crippen molar-refractivity contribution in [3.05, 3.63) is 0 Å². The molecule has 0 saturated carbocycles. The van der Waals surface area contributed by atoms with Gasteiger partial charge in [0.15, 0.2) is 0 Å². The summed E-state index contributed by atoms with van der Waals surface area (Å²) in [5.74, 6) is 0. The smallest absolute Gasteiger partial charge is 0.379 e. The second kappa shape index (κ2) is 4.68. The van der Waals surface area contributed by atoms with Gasteiger partial charge in [-0.15, -0.1) is 0 Å². The van der Waals surface area contributed by atoms with Crippen molar-refractivity contribution in [3.63, 3.8) is 0 Å². The molecule has 1 fully saturated rings. The molecule has 102 valence electrons. The molecule has 1 aliphatic rings. The van der Waals surface area contributed by atoms with Gasteiger partial charge in [-0.25, -0.2) is 8.42 Å². The van der Waals surface area contributed by atoms with Gasteiger partial charge < -0.3 is 4.74 Å². The number of hydrogen-bond donors (Lipinski definition) is 1. The summed E-state index contributed by atoms with van der Waals surface area (Å²) in [7, 11) is -11.0. The van der Waals surface area contributed by atoms with Crippen LogP contribution in [0.1, 0.15) is 6.42 Å². The van der Waals surface area contributed by atoms with Gasteiger partial charge in [0.2, 0.25) is 0 Å². The van der Waals surface area contributed by atoms with Crippen LogP contribution in [0.2, 0.25) is 0 Å². The topological polar surface area (TPSA) is 98.8 Å². The average molecular weight is 299 g/mol. The van der Waals surface area contributed by atoms with Gasteiger partial charge in [0.1, 0.15) is 6.10 Å². The van der Waals surface area contributed by atoms with E-state index in [0.717, 1.165) is 0 Å². The maximum atomic E-state index is 11.9. The highest BCUT2D eigenvalue weighted by Crippen LogP contribution is 2.22. The highest BCUT2D eigenvalue weighted by molar-refractivity contribution is 8.03. The van der Waals surface area contributed by atoms with Gasteiger partial charge in [-0.05, 0) is 0 Å². The van der Waals surface area contributed by atoms with E-state index in [1.165, 1.54) is 0 Å². The van der Waals surface area contributed by atoms with E-state index in [0.29, 0.717) is 4.13 Å². The molecule has 1 saturated heterocycles. The lowest BCUT2D eigenvalue weighted by atomic mass is 10.3. The number of sulfonamides is 1. The Morgan fingerprint density at radius 1 is 1.24 bits per heavy atom. The molecule has 1 heterocycles. The number of rotatable bonds is 4. The molecular formula is C5H8F3NO6S2. The Balaban J connectivity index is 2.73. The van der Waals surface area contributed by atoms with Crippen LogP contribution in [0, 0.1) is 0 Å². The molecule has 0 spiro atoms. The molecule has 0 aliphatic carbocycles. The van der Waals surface area contributed by atoms with Crippen molar-refractivity contribution < 1.29 is 38.9 Å². The van der Waals surface area contributed by atoms with Gasteiger partial charge in [0.25, 0.3) is 0 Å². The Labute approximate surface area is 95.2 Å². The maximum absolute atomic E-state index is 11.9. The van der Waals surface area contributed by atoms with Crippen molar-refractivity contribution in [2.45, 2.75) is 18.0 Å². The number of alkyl halides is 3. The van der Waals surface area contributed by atoms with Crippen LogP contribution in [0.3, 0.4) is 0 Å². The summed E-state index contributed by atoms with van der Waals surface area (Å²) in [6.07, 6.45) is -0.844. The molecule has 1 atom stereocenters. The van der Waals surface area contributed by atoms with E-state index < -0.39 is 31.9 Å². The van der Waals surface area contributed by atoms with Crippen LogP contribution in [0.15, 0.2) is 0 Å². The highest BCUT2D eigenvalue weighted by atomic mass is 32.3. The monoisotopic (exact) mass is 299 g/mol.